The molecule has 2 aromatic carbocycles. The molecule has 0 saturated heterocycles. The number of nitrogens with one attached hydrogen (secondary N) is 1. The highest BCUT2D eigenvalue weighted by atomic mass is 35.5. The van der Waals surface area contributed by atoms with Gasteiger partial charge in [0.1, 0.15) is 11.6 Å². The van der Waals surface area contributed by atoms with Crippen molar-refractivity contribution in [1.82, 2.24) is 0 Å². The number of anilines is 1. The van der Waals surface area contributed by atoms with Gasteiger partial charge in [-0.3, -0.25) is 0 Å². The van der Waals surface area contributed by atoms with Crippen molar-refractivity contribution in [3.8, 4) is 5.75 Å². The summed E-state index contributed by atoms with van der Waals surface area (Å²) < 4.78 is 39.3. The normalized spacial score (nSPS) is 10.5. The third-order valence-electron chi connectivity index (χ3n) is 2.53. The van der Waals surface area contributed by atoms with Gasteiger partial charge in [-0.2, -0.15) is 0 Å². The molecule has 2 nitrogen and oxygen atoms in total. The molecule has 0 aliphatic rings. The average molecular weight is 288 g/mol. The van der Waals surface area contributed by atoms with Crippen LogP contribution in [0.2, 0.25) is 5.02 Å². The fourth-order valence-electron chi connectivity index (χ4n) is 1.58. The minimum absolute atomic E-state index is 0.0216. The number of para-hydroxylation sites is 1. The minimum Gasteiger partial charge on any atom is -0.506 e. The van der Waals surface area contributed by atoms with E-state index >= 15 is 0 Å². The fourth-order valence-corrected chi connectivity index (χ4v) is 1.77. The van der Waals surface area contributed by atoms with Gasteiger partial charge in [-0.25, -0.2) is 13.2 Å². The molecule has 0 atom stereocenters. The van der Waals surface area contributed by atoms with E-state index < -0.39 is 17.5 Å². The van der Waals surface area contributed by atoms with Crippen molar-refractivity contribution in [3.63, 3.8) is 0 Å². The molecule has 0 aromatic heterocycles. The molecule has 2 rings (SSSR count). The van der Waals surface area contributed by atoms with E-state index in [0.717, 1.165) is 6.07 Å². The molecule has 2 aromatic rings. The van der Waals surface area contributed by atoms with Crippen LogP contribution in [-0.2, 0) is 6.54 Å². The van der Waals surface area contributed by atoms with Crippen molar-refractivity contribution >= 4 is 17.3 Å². The fraction of sp³-hybridized carbons (Fsp3) is 0.0769. The van der Waals surface area contributed by atoms with Crippen LogP contribution < -0.4 is 5.32 Å². The Kier molecular flexibility index (Phi) is 3.85. The number of rotatable bonds is 3. The molecule has 0 amide bonds. The predicted octanol–water partition coefficient (Wildman–Crippen LogP) is 4.08. The molecule has 0 aliphatic carbocycles. The smallest absolute Gasteiger partial charge is 0.182 e. The van der Waals surface area contributed by atoms with Gasteiger partial charge in [0.2, 0.25) is 0 Å². The Morgan fingerprint density at radius 2 is 1.89 bits per heavy atom. The standard InChI is InChI=1S/C13H9ClF3NO/c14-9-3-1-2-7(13(9)19)6-18-11-5-8(15)4-10(16)12(11)17/h1-5,18-19H,6H2. The second-order valence-corrected chi connectivity index (χ2v) is 4.26. The Balaban J connectivity index is 2.21. The molecule has 0 bridgehead atoms. The van der Waals surface area contributed by atoms with Crippen LogP contribution >= 0.6 is 11.6 Å². The van der Waals surface area contributed by atoms with Gasteiger partial charge >= 0.3 is 0 Å². The zero-order valence-electron chi connectivity index (χ0n) is 9.55. The SMILES string of the molecule is Oc1c(Cl)cccc1CNc1cc(F)cc(F)c1F. The summed E-state index contributed by atoms with van der Waals surface area (Å²) >= 11 is 5.71. The minimum atomic E-state index is -1.28. The summed E-state index contributed by atoms with van der Waals surface area (Å²) in [5.74, 6) is -3.51. The van der Waals surface area contributed by atoms with E-state index in [0.29, 0.717) is 11.6 Å². The van der Waals surface area contributed by atoms with Gasteiger partial charge in [0.05, 0.1) is 10.7 Å². The number of hydrogen-bond donors (Lipinski definition) is 2. The van der Waals surface area contributed by atoms with Crippen molar-refractivity contribution < 1.29 is 18.3 Å². The van der Waals surface area contributed by atoms with Crippen molar-refractivity contribution in [2.45, 2.75) is 6.54 Å². The summed E-state index contributed by atoms with van der Waals surface area (Å²) in [6.07, 6.45) is 0. The summed E-state index contributed by atoms with van der Waals surface area (Å²) in [5, 5.41) is 12.3. The van der Waals surface area contributed by atoms with Crippen LogP contribution in [0.5, 0.6) is 5.75 Å². The summed E-state index contributed by atoms with van der Waals surface area (Å²) in [4.78, 5) is 0. The number of hydrogen-bond acceptors (Lipinski definition) is 2. The van der Waals surface area contributed by atoms with Crippen LogP contribution in [0.3, 0.4) is 0 Å². The van der Waals surface area contributed by atoms with Crippen LogP contribution in [0.25, 0.3) is 0 Å². The average Bonchev–Trinajstić information content (AvgIpc) is 2.36. The molecular weight excluding hydrogens is 279 g/mol. The number of benzene rings is 2. The maximum atomic E-state index is 13.4. The van der Waals surface area contributed by atoms with E-state index in [1.807, 2.05) is 0 Å². The van der Waals surface area contributed by atoms with Gasteiger partial charge in [0.25, 0.3) is 0 Å². The van der Waals surface area contributed by atoms with Crippen LogP contribution in [0.4, 0.5) is 18.9 Å². The molecule has 0 unspecified atom stereocenters. The lowest BCUT2D eigenvalue weighted by atomic mass is 10.2. The van der Waals surface area contributed by atoms with Crippen LogP contribution in [0, 0.1) is 17.5 Å². The largest absolute Gasteiger partial charge is 0.506 e. The number of phenolic OH excluding ortho intramolecular Hbond substituents is 1. The zero-order valence-corrected chi connectivity index (χ0v) is 10.3. The molecule has 2 N–H and O–H groups in total. The molecule has 0 saturated carbocycles. The third-order valence-corrected chi connectivity index (χ3v) is 2.84. The second-order valence-electron chi connectivity index (χ2n) is 3.85. The second kappa shape index (κ2) is 5.40. The van der Waals surface area contributed by atoms with Gasteiger partial charge in [-0.15, -0.1) is 0 Å². The Morgan fingerprint density at radius 1 is 1.16 bits per heavy atom. The van der Waals surface area contributed by atoms with E-state index in [-0.39, 0.29) is 23.0 Å². The first-order chi connectivity index (χ1) is 8.99. The lowest BCUT2D eigenvalue weighted by molar-refractivity contribution is 0.469. The summed E-state index contributed by atoms with van der Waals surface area (Å²) in [7, 11) is 0. The van der Waals surface area contributed by atoms with Gasteiger partial charge in [-0.1, -0.05) is 23.7 Å². The Bertz CT molecular complexity index is 619. The predicted molar refractivity (Wildman–Crippen MR) is 66.8 cm³/mol. The van der Waals surface area contributed by atoms with E-state index in [2.05, 4.69) is 5.32 Å². The molecular formula is C13H9ClF3NO. The van der Waals surface area contributed by atoms with Crippen molar-refractivity contribution in [3.05, 3.63) is 58.4 Å². The van der Waals surface area contributed by atoms with Crippen molar-refractivity contribution in [1.29, 1.82) is 0 Å². The molecule has 0 heterocycles. The van der Waals surface area contributed by atoms with E-state index in [1.165, 1.54) is 6.07 Å². The van der Waals surface area contributed by atoms with E-state index in [1.54, 1.807) is 12.1 Å². The van der Waals surface area contributed by atoms with Crippen LogP contribution in [0.1, 0.15) is 5.56 Å². The molecule has 6 heteroatoms. The summed E-state index contributed by atoms with van der Waals surface area (Å²) in [6.45, 7) is -0.0216. The Hall–Kier alpha value is -1.88. The highest BCUT2D eigenvalue weighted by Gasteiger charge is 2.12. The molecule has 0 radical (unpaired) electrons. The highest BCUT2D eigenvalue weighted by Crippen LogP contribution is 2.28. The lowest BCUT2D eigenvalue weighted by Crippen LogP contribution is -2.04. The monoisotopic (exact) mass is 287 g/mol. The molecule has 0 aliphatic heterocycles. The van der Waals surface area contributed by atoms with Gasteiger partial charge in [-0.05, 0) is 6.07 Å². The molecule has 100 valence electrons. The van der Waals surface area contributed by atoms with Crippen molar-refractivity contribution in [2.75, 3.05) is 5.32 Å². The number of aromatic hydroxyl groups is 1. The quantitative estimate of drug-likeness (QED) is 0.834. The van der Waals surface area contributed by atoms with E-state index in [9.17, 15) is 18.3 Å². The Morgan fingerprint density at radius 3 is 2.63 bits per heavy atom. The molecule has 0 spiro atoms. The lowest BCUT2D eigenvalue weighted by Gasteiger charge is -2.10. The topological polar surface area (TPSA) is 32.3 Å². The highest BCUT2D eigenvalue weighted by molar-refractivity contribution is 6.32. The summed E-state index contributed by atoms with van der Waals surface area (Å²) in [6, 6.07) is 5.93. The maximum Gasteiger partial charge on any atom is 0.182 e. The maximum absolute atomic E-state index is 13.4. The van der Waals surface area contributed by atoms with Crippen LogP contribution in [-0.4, -0.2) is 5.11 Å². The van der Waals surface area contributed by atoms with Crippen LogP contribution in [0.15, 0.2) is 30.3 Å². The summed E-state index contributed by atoms with van der Waals surface area (Å²) in [5.41, 5.74) is 0.0634. The molecule has 0 fully saturated rings. The van der Waals surface area contributed by atoms with Gasteiger partial charge < -0.3 is 10.4 Å². The van der Waals surface area contributed by atoms with Gasteiger partial charge in [0, 0.05) is 24.2 Å². The van der Waals surface area contributed by atoms with Crippen molar-refractivity contribution in [2.24, 2.45) is 0 Å². The number of phenols is 1. The van der Waals surface area contributed by atoms with Gasteiger partial charge in [0.15, 0.2) is 11.6 Å². The Labute approximate surface area is 112 Å². The molecule has 19 heavy (non-hydrogen) atoms. The first-order valence-electron chi connectivity index (χ1n) is 5.34. The third kappa shape index (κ3) is 2.93. The zero-order chi connectivity index (χ0) is 14.0. The first kappa shape index (κ1) is 13.5. The number of halogens is 4. The van der Waals surface area contributed by atoms with E-state index in [4.69, 9.17) is 11.6 Å². The first-order valence-corrected chi connectivity index (χ1v) is 5.71.